The molecule has 1 rings (SSSR count). The second-order valence-corrected chi connectivity index (χ2v) is 3.27. The van der Waals surface area contributed by atoms with Gasteiger partial charge in [0.2, 0.25) is 0 Å². The second-order valence-electron chi connectivity index (χ2n) is 3.27. The Labute approximate surface area is 72.7 Å². The zero-order chi connectivity index (χ0) is 8.97. The van der Waals surface area contributed by atoms with Crippen molar-refractivity contribution in [3.63, 3.8) is 0 Å². The van der Waals surface area contributed by atoms with E-state index in [-0.39, 0.29) is 6.09 Å². The molecule has 0 aromatic heterocycles. The molecule has 4 heteroatoms. The van der Waals surface area contributed by atoms with Crippen molar-refractivity contribution in [2.45, 2.75) is 13.3 Å². The van der Waals surface area contributed by atoms with Gasteiger partial charge in [-0.2, -0.15) is 0 Å². The molecule has 0 aliphatic carbocycles. The van der Waals surface area contributed by atoms with E-state index in [1.165, 1.54) is 0 Å². The van der Waals surface area contributed by atoms with E-state index in [2.05, 4.69) is 6.92 Å². The molecule has 2 N–H and O–H groups in total. The molecule has 12 heavy (non-hydrogen) atoms. The summed E-state index contributed by atoms with van der Waals surface area (Å²) in [6.45, 7) is 4.77. The molecule has 0 aromatic carbocycles. The van der Waals surface area contributed by atoms with E-state index in [0.29, 0.717) is 19.1 Å². The number of rotatable bonds is 3. The standard InChI is InChI=1S/C8H16N2O2/c1-7-5-10(4-2-3-9)8(11)12-6-7/h7H,2-6,9H2,1H3. The predicted octanol–water partition coefficient (Wildman–Crippen LogP) is 0.424. The Bertz CT molecular complexity index is 161. The highest BCUT2D eigenvalue weighted by molar-refractivity contribution is 5.68. The normalized spacial score (nSPS) is 24.0. The van der Waals surface area contributed by atoms with Crippen molar-refractivity contribution in [2.75, 3.05) is 26.2 Å². The lowest BCUT2D eigenvalue weighted by molar-refractivity contribution is 0.0479. The van der Waals surface area contributed by atoms with Crippen molar-refractivity contribution < 1.29 is 9.53 Å². The number of carbonyl (C=O) groups excluding carboxylic acids is 1. The van der Waals surface area contributed by atoms with E-state index in [4.69, 9.17) is 10.5 Å². The Morgan fingerprint density at radius 1 is 1.75 bits per heavy atom. The molecule has 0 aromatic rings. The van der Waals surface area contributed by atoms with E-state index >= 15 is 0 Å². The summed E-state index contributed by atoms with van der Waals surface area (Å²) in [6, 6.07) is 0. The highest BCUT2D eigenvalue weighted by Gasteiger charge is 2.23. The maximum atomic E-state index is 11.1. The monoisotopic (exact) mass is 172 g/mol. The van der Waals surface area contributed by atoms with Crippen molar-refractivity contribution in [3.05, 3.63) is 0 Å². The van der Waals surface area contributed by atoms with Crippen LogP contribution >= 0.6 is 0 Å². The average molecular weight is 172 g/mol. The topological polar surface area (TPSA) is 55.6 Å². The van der Waals surface area contributed by atoms with Crippen LogP contribution in [-0.2, 0) is 4.74 Å². The number of carbonyl (C=O) groups is 1. The average Bonchev–Trinajstić information content (AvgIpc) is 2.07. The first-order chi connectivity index (χ1) is 5.74. The summed E-state index contributed by atoms with van der Waals surface area (Å²) in [4.78, 5) is 12.8. The van der Waals surface area contributed by atoms with Gasteiger partial charge in [-0.25, -0.2) is 4.79 Å². The Morgan fingerprint density at radius 3 is 3.17 bits per heavy atom. The molecule has 1 aliphatic heterocycles. The van der Waals surface area contributed by atoms with Crippen LogP contribution in [0.5, 0.6) is 0 Å². The van der Waals surface area contributed by atoms with Crippen LogP contribution in [-0.4, -0.2) is 37.2 Å². The summed E-state index contributed by atoms with van der Waals surface area (Å²) < 4.78 is 4.95. The molecular weight excluding hydrogens is 156 g/mol. The molecule has 4 nitrogen and oxygen atoms in total. The van der Waals surface area contributed by atoms with Crippen LogP contribution in [0.2, 0.25) is 0 Å². The molecule has 0 radical (unpaired) electrons. The van der Waals surface area contributed by atoms with Crippen LogP contribution in [0.15, 0.2) is 0 Å². The molecule has 70 valence electrons. The third kappa shape index (κ3) is 2.37. The number of amides is 1. The molecule has 1 aliphatic rings. The Balaban J connectivity index is 2.33. The largest absolute Gasteiger partial charge is 0.449 e. The van der Waals surface area contributed by atoms with Crippen molar-refractivity contribution in [1.82, 2.24) is 4.90 Å². The summed E-state index contributed by atoms with van der Waals surface area (Å²) in [5, 5.41) is 0. The van der Waals surface area contributed by atoms with Gasteiger partial charge in [0.1, 0.15) is 0 Å². The third-order valence-electron chi connectivity index (χ3n) is 1.91. The summed E-state index contributed by atoms with van der Waals surface area (Å²) >= 11 is 0. The fourth-order valence-corrected chi connectivity index (χ4v) is 1.27. The zero-order valence-corrected chi connectivity index (χ0v) is 7.45. The maximum absolute atomic E-state index is 11.1. The van der Waals surface area contributed by atoms with Gasteiger partial charge < -0.3 is 15.4 Å². The van der Waals surface area contributed by atoms with Gasteiger partial charge in [-0.3, -0.25) is 0 Å². The van der Waals surface area contributed by atoms with Gasteiger partial charge in [-0.15, -0.1) is 0 Å². The molecule has 0 spiro atoms. The first-order valence-corrected chi connectivity index (χ1v) is 4.36. The minimum atomic E-state index is -0.193. The molecule has 0 saturated carbocycles. The number of nitrogens with two attached hydrogens (primary N) is 1. The summed E-state index contributed by atoms with van der Waals surface area (Å²) in [5.74, 6) is 0.445. The SMILES string of the molecule is CC1COC(=O)N(CCCN)C1. The fraction of sp³-hybridized carbons (Fsp3) is 0.875. The number of hydrogen-bond acceptors (Lipinski definition) is 3. The van der Waals surface area contributed by atoms with E-state index in [1.807, 2.05) is 0 Å². The number of ether oxygens (including phenoxy) is 1. The van der Waals surface area contributed by atoms with Crippen molar-refractivity contribution in [2.24, 2.45) is 11.7 Å². The van der Waals surface area contributed by atoms with Gasteiger partial charge >= 0.3 is 6.09 Å². The van der Waals surface area contributed by atoms with Gasteiger partial charge in [-0.1, -0.05) is 6.92 Å². The highest BCUT2D eigenvalue weighted by atomic mass is 16.6. The summed E-state index contributed by atoms with van der Waals surface area (Å²) in [7, 11) is 0. The smallest absolute Gasteiger partial charge is 0.409 e. The van der Waals surface area contributed by atoms with E-state index < -0.39 is 0 Å². The molecule has 1 saturated heterocycles. The summed E-state index contributed by atoms with van der Waals surface area (Å²) in [6.07, 6.45) is 0.656. The maximum Gasteiger partial charge on any atom is 0.409 e. The van der Waals surface area contributed by atoms with Crippen molar-refractivity contribution in [3.8, 4) is 0 Å². The Kier molecular flexibility index (Phi) is 3.34. The van der Waals surface area contributed by atoms with Crippen LogP contribution in [0.4, 0.5) is 4.79 Å². The third-order valence-corrected chi connectivity index (χ3v) is 1.91. The number of hydrogen-bond donors (Lipinski definition) is 1. The minimum absolute atomic E-state index is 0.193. The van der Waals surface area contributed by atoms with Crippen LogP contribution < -0.4 is 5.73 Å². The van der Waals surface area contributed by atoms with Crippen LogP contribution in [0.3, 0.4) is 0 Å². The minimum Gasteiger partial charge on any atom is -0.449 e. The Morgan fingerprint density at radius 2 is 2.50 bits per heavy atom. The second kappa shape index (κ2) is 4.30. The lowest BCUT2D eigenvalue weighted by Gasteiger charge is -2.30. The first-order valence-electron chi connectivity index (χ1n) is 4.36. The molecule has 1 atom stereocenters. The first kappa shape index (κ1) is 9.32. The van der Waals surface area contributed by atoms with Gasteiger partial charge in [-0.05, 0) is 13.0 Å². The van der Waals surface area contributed by atoms with Gasteiger partial charge in [0.05, 0.1) is 6.61 Å². The Hall–Kier alpha value is -0.770. The molecule has 1 unspecified atom stereocenters. The lowest BCUT2D eigenvalue weighted by atomic mass is 10.1. The van der Waals surface area contributed by atoms with Gasteiger partial charge in [0.25, 0.3) is 0 Å². The lowest BCUT2D eigenvalue weighted by Crippen LogP contribution is -2.42. The number of nitrogens with zero attached hydrogens (tertiary/aromatic N) is 1. The fourth-order valence-electron chi connectivity index (χ4n) is 1.27. The predicted molar refractivity (Wildman–Crippen MR) is 45.8 cm³/mol. The van der Waals surface area contributed by atoms with Gasteiger partial charge in [0, 0.05) is 19.0 Å². The van der Waals surface area contributed by atoms with Crippen molar-refractivity contribution >= 4 is 6.09 Å². The van der Waals surface area contributed by atoms with Crippen LogP contribution in [0.25, 0.3) is 0 Å². The van der Waals surface area contributed by atoms with Crippen LogP contribution in [0, 0.1) is 5.92 Å². The van der Waals surface area contributed by atoms with Gasteiger partial charge in [0.15, 0.2) is 0 Å². The van der Waals surface area contributed by atoms with E-state index in [0.717, 1.165) is 19.5 Å². The number of cyclic esters (lactones) is 1. The molecule has 1 amide bonds. The van der Waals surface area contributed by atoms with E-state index in [9.17, 15) is 4.79 Å². The molecule has 1 heterocycles. The summed E-state index contributed by atoms with van der Waals surface area (Å²) in [5.41, 5.74) is 5.35. The zero-order valence-electron chi connectivity index (χ0n) is 7.45. The van der Waals surface area contributed by atoms with Crippen LogP contribution in [0.1, 0.15) is 13.3 Å². The highest BCUT2D eigenvalue weighted by Crippen LogP contribution is 2.10. The van der Waals surface area contributed by atoms with E-state index in [1.54, 1.807) is 4.90 Å². The molecular formula is C8H16N2O2. The molecule has 1 fully saturated rings. The van der Waals surface area contributed by atoms with Crippen molar-refractivity contribution in [1.29, 1.82) is 0 Å². The quantitative estimate of drug-likeness (QED) is 0.671. The molecule has 0 bridgehead atoms.